The third-order valence-electron chi connectivity index (χ3n) is 3.81. The minimum Gasteiger partial charge on any atom is -0.497 e. The molecule has 0 aliphatic heterocycles. The Balaban J connectivity index is 2.03. The smallest absolute Gasteiger partial charge is 0.181 e. The average Bonchev–Trinajstić information content (AvgIpc) is 3.10. The van der Waals surface area contributed by atoms with Crippen LogP contribution in [0.25, 0.3) is 22.8 Å². The lowest BCUT2D eigenvalue weighted by Gasteiger charge is -2.06. The summed E-state index contributed by atoms with van der Waals surface area (Å²) in [6.45, 7) is 1.11. The first kappa shape index (κ1) is 16.9. The van der Waals surface area contributed by atoms with Gasteiger partial charge in [-0.15, -0.1) is 0 Å². The fourth-order valence-electron chi connectivity index (χ4n) is 2.50. The summed E-state index contributed by atoms with van der Waals surface area (Å²) in [4.78, 5) is 15.7. The van der Waals surface area contributed by atoms with Crippen molar-refractivity contribution in [3.63, 3.8) is 0 Å². The van der Waals surface area contributed by atoms with Crippen molar-refractivity contribution in [1.29, 1.82) is 0 Å². The molecule has 0 spiro atoms. The number of benzene rings is 2. The summed E-state index contributed by atoms with van der Waals surface area (Å²) in [7, 11) is 3.28. The molecule has 0 bridgehead atoms. The number of methoxy groups -OCH3 is 2. The van der Waals surface area contributed by atoms with Crippen LogP contribution in [-0.4, -0.2) is 41.9 Å². The maximum absolute atomic E-state index is 11.0. The predicted octanol–water partition coefficient (Wildman–Crippen LogP) is 3.08. The van der Waals surface area contributed by atoms with Gasteiger partial charge in [-0.2, -0.15) is 5.10 Å². The molecule has 0 amide bonds. The molecule has 1 aromatic heterocycles. The molecule has 2 aromatic carbocycles. The standard InChI is InChI=1S/C19H19N3O3/c1-24-11-10-22-19(15-6-8-17(25-2)9-7-15)20-18(21-22)16-5-3-4-14(12-16)13-23/h3-9,12-13H,10-11H2,1-2H3. The minimum absolute atomic E-state index is 0.528. The Morgan fingerprint density at radius 3 is 2.56 bits per heavy atom. The molecule has 0 saturated heterocycles. The normalized spacial score (nSPS) is 10.6. The van der Waals surface area contributed by atoms with Crippen LogP contribution in [-0.2, 0) is 11.3 Å². The minimum atomic E-state index is 0.528. The molecule has 1 heterocycles. The van der Waals surface area contributed by atoms with Gasteiger partial charge in [0, 0.05) is 23.8 Å². The van der Waals surface area contributed by atoms with Crippen LogP contribution >= 0.6 is 0 Å². The lowest BCUT2D eigenvalue weighted by Crippen LogP contribution is -2.07. The van der Waals surface area contributed by atoms with Crippen molar-refractivity contribution in [2.45, 2.75) is 6.54 Å². The van der Waals surface area contributed by atoms with E-state index in [-0.39, 0.29) is 0 Å². The molecule has 3 rings (SSSR count). The Kier molecular flexibility index (Phi) is 5.20. The second kappa shape index (κ2) is 7.72. The van der Waals surface area contributed by atoms with Crippen LogP contribution in [0.4, 0.5) is 0 Å². The maximum atomic E-state index is 11.0. The number of rotatable bonds is 7. The lowest BCUT2D eigenvalue weighted by molar-refractivity contribution is 0.112. The number of hydrogen-bond acceptors (Lipinski definition) is 5. The highest BCUT2D eigenvalue weighted by Gasteiger charge is 2.14. The van der Waals surface area contributed by atoms with E-state index in [4.69, 9.17) is 9.47 Å². The fraction of sp³-hybridized carbons (Fsp3) is 0.211. The summed E-state index contributed by atoms with van der Waals surface area (Å²) < 4.78 is 12.2. The topological polar surface area (TPSA) is 66.2 Å². The third-order valence-corrected chi connectivity index (χ3v) is 3.81. The van der Waals surface area contributed by atoms with Crippen LogP contribution in [0.15, 0.2) is 48.5 Å². The highest BCUT2D eigenvalue weighted by atomic mass is 16.5. The second-order valence-electron chi connectivity index (χ2n) is 5.45. The lowest BCUT2D eigenvalue weighted by atomic mass is 10.1. The van der Waals surface area contributed by atoms with Crippen LogP contribution in [0.5, 0.6) is 5.75 Å². The highest BCUT2D eigenvalue weighted by molar-refractivity contribution is 5.77. The molecule has 0 unspecified atom stereocenters. The Labute approximate surface area is 146 Å². The zero-order valence-electron chi connectivity index (χ0n) is 14.2. The number of aldehydes is 1. The second-order valence-corrected chi connectivity index (χ2v) is 5.45. The van der Waals surface area contributed by atoms with Gasteiger partial charge in [-0.05, 0) is 30.3 Å². The van der Waals surface area contributed by atoms with Crippen LogP contribution in [0, 0.1) is 0 Å². The van der Waals surface area contributed by atoms with Crippen LogP contribution in [0.2, 0.25) is 0 Å². The molecule has 3 aromatic rings. The van der Waals surface area contributed by atoms with Gasteiger partial charge in [0.15, 0.2) is 11.6 Å². The molecule has 0 saturated carbocycles. The average molecular weight is 337 g/mol. The van der Waals surface area contributed by atoms with Crippen molar-refractivity contribution in [3.05, 3.63) is 54.1 Å². The molecular weight excluding hydrogens is 318 g/mol. The molecule has 0 aliphatic carbocycles. The summed E-state index contributed by atoms with van der Waals surface area (Å²) >= 11 is 0. The van der Waals surface area contributed by atoms with E-state index >= 15 is 0 Å². The summed E-state index contributed by atoms with van der Waals surface area (Å²) in [5.74, 6) is 2.10. The zero-order valence-corrected chi connectivity index (χ0v) is 14.2. The van der Waals surface area contributed by atoms with Crippen molar-refractivity contribution in [3.8, 4) is 28.5 Å². The quantitative estimate of drug-likeness (QED) is 0.620. The molecule has 0 fully saturated rings. The Bertz CT molecular complexity index is 857. The van der Waals surface area contributed by atoms with Crippen molar-refractivity contribution >= 4 is 6.29 Å². The number of carbonyl (C=O) groups is 1. The number of nitrogens with zero attached hydrogens (tertiary/aromatic N) is 3. The van der Waals surface area contributed by atoms with Gasteiger partial charge in [-0.1, -0.05) is 18.2 Å². The van der Waals surface area contributed by atoms with E-state index in [1.165, 1.54) is 0 Å². The van der Waals surface area contributed by atoms with Crippen molar-refractivity contribution in [2.75, 3.05) is 20.8 Å². The number of carbonyl (C=O) groups excluding carboxylic acids is 1. The third kappa shape index (κ3) is 3.75. The molecule has 25 heavy (non-hydrogen) atoms. The molecule has 6 heteroatoms. The Morgan fingerprint density at radius 2 is 1.88 bits per heavy atom. The van der Waals surface area contributed by atoms with Gasteiger partial charge in [0.25, 0.3) is 0 Å². The van der Waals surface area contributed by atoms with E-state index in [0.717, 1.165) is 29.0 Å². The van der Waals surface area contributed by atoms with Crippen molar-refractivity contribution in [1.82, 2.24) is 14.8 Å². The zero-order chi connectivity index (χ0) is 17.6. The van der Waals surface area contributed by atoms with Crippen LogP contribution in [0.3, 0.4) is 0 Å². The Hall–Kier alpha value is -2.99. The Morgan fingerprint density at radius 1 is 1.08 bits per heavy atom. The molecule has 0 aliphatic rings. The molecular formula is C19H19N3O3. The predicted molar refractivity (Wildman–Crippen MR) is 94.7 cm³/mol. The van der Waals surface area contributed by atoms with E-state index < -0.39 is 0 Å². The SMILES string of the molecule is COCCn1nc(-c2cccc(C=O)c2)nc1-c1ccc(OC)cc1. The molecule has 128 valence electrons. The van der Waals surface area contributed by atoms with Gasteiger partial charge in [-0.3, -0.25) is 4.79 Å². The first-order chi connectivity index (χ1) is 12.2. The van der Waals surface area contributed by atoms with Gasteiger partial charge in [0.1, 0.15) is 12.0 Å². The van der Waals surface area contributed by atoms with Crippen LogP contribution in [0.1, 0.15) is 10.4 Å². The van der Waals surface area contributed by atoms with E-state index in [2.05, 4.69) is 10.1 Å². The van der Waals surface area contributed by atoms with Gasteiger partial charge < -0.3 is 9.47 Å². The van der Waals surface area contributed by atoms with Crippen molar-refractivity contribution < 1.29 is 14.3 Å². The van der Waals surface area contributed by atoms with E-state index in [1.807, 2.05) is 41.1 Å². The van der Waals surface area contributed by atoms with E-state index in [1.54, 1.807) is 26.4 Å². The largest absolute Gasteiger partial charge is 0.497 e. The number of hydrogen-bond donors (Lipinski definition) is 0. The summed E-state index contributed by atoms with van der Waals surface area (Å²) in [5, 5.41) is 4.59. The van der Waals surface area contributed by atoms with E-state index in [9.17, 15) is 4.79 Å². The van der Waals surface area contributed by atoms with Crippen LogP contribution < -0.4 is 4.74 Å². The molecule has 0 atom stereocenters. The summed E-state index contributed by atoms with van der Waals surface area (Å²) in [6.07, 6.45) is 0.815. The van der Waals surface area contributed by atoms with Gasteiger partial charge in [0.05, 0.1) is 20.3 Å². The van der Waals surface area contributed by atoms with Gasteiger partial charge in [0.2, 0.25) is 0 Å². The van der Waals surface area contributed by atoms with Crippen molar-refractivity contribution in [2.24, 2.45) is 0 Å². The number of aromatic nitrogens is 3. The first-order valence-electron chi connectivity index (χ1n) is 7.89. The van der Waals surface area contributed by atoms with E-state index in [0.29, 0.717) is 24.5 Å². The fourth-order valence-corrected chi connectivity index (χ4v) is 2.50. The molecule has 0 N–H and O–H groups in total. The van der Waals surface area contributed by atoms with Gasteiger partial charge >= 0.3 is 0 Å². The highest BCUT2D eigenvalue weighted by Crippen LogP contribution is 2.24. The summed E-state index contributed by atoms with van der Waals surface area (Å²) in [6, 6.07) is 14.9. The first-order valence-corrected chi connectivity index (χ1v) is 7.89. The maximum Gasteiger partial charge on any atom is 0.181 e. The number of ether oxygens (including phenoxy) is 2. The molecule has 0 radical (unpaired) electrons. The molecule has 6 nitrogen and oxygen atoms in total. The summed E-state index contributed by atoms with van der Waals surface area (Å²) in [5.41, 5.74) is 2.33. The van der Waals surface area contributed by atoms with Gasteiger partial charge in [-0.25, -0.2) is 9.67 Å². The monoisotopic (exact) mass is 337 g/mol.